The standard InChI is InChI=1S/C25H25N3O6S/c1-3-28(21-9-5-4-6-10-21)35(32,33)22-11-7-8-19(16-22)25(31)34-17(2)24(30)27-20-14-12-18(13-15-20)23(26)29/h4-17H,3H2,1-2H3,(H2,26,29)(H,27,30). The summed E-state index contributed by atoms with van der Waals surface area (Å²) in [5.74, 6) is -2.05. The van der Waals surface area contributed by atoms with Gasteiger partial charge in [0.25, 0.3) is 15.9 Å². The highest BCUT2D eigenvalue weighted by Gasteiger charge is 2.25. The van der Waals surface area contributed by atoms with Gasteiger partial charge in [-0.3, -0.25) is 13.9 Å². The monoisotopic (exact) mass is 495 g/mol. The zero-order chi connectivity index (χ0) is 25.6. The quantitative estimate of drug-likeness (QED) is 0.438. The maximum atomic E-state index is 13.2. The largest absolute Gasteiger partial charge is 0.449 e. The van der Waals surface area contributed by atoms with Crippen LogP contribution >= 0.6 is 0 Å². The van der Waals surface area contributed by atoms with Gasteiger partial charge in [0.1, 0.15) is 0 Å². The zero-order valence-electron chi connectivity index (χ0n) is 19.2. The number of carbonyl (C=O) groups excluding carboxylic acids is 3. The van der Waals surface area contributed by atoms with Gasteiger partial charge in [-0.1, -0.05) is 24.3 Å². The summed E-state index contributed by atoms with van der Waals surface area (Å²) in [6, 6.07) is 20.0. The molecule has 9 nitrogen and oxygen atoms in total. The third-order valence-corrected chi connectivity index (χ3v) is 6.98. The number of nitrogens with one attached hydrogen (secondary N) is 1. The Morgan fingerprint density at radius 1 is 0.943 bits per heavy atom. The van der Waals surface area contributed by atoms with Crippen LogP contribution in [0.1, 0.15) is 34.6 Å². The number of amides is 2. The lowest BCUT2D eigenvalue weighted by molar-refractivity contribution is -0.123. The third-order valence-electron chi connectivity index (χ3n) is 5.08. The van der Waals surface area contributed by atoms with Gasteiger partial charge in [0.15, 0.2) is 6.10 Å². The third kappa shape index (κ3) is 6.04. The van der Waals surface area contributed by atoms with Crippen molar-refractivity contribution in [2.24, 2.45) is 5.73 Å². The molecule has 10 heteroatoms. The Morgan fingerprint density at radius 3 is 2.20 bits per heavy atom. The number of rotatable bonds is 9. The number of para-hydroxylation sites is 1. The molecule has 0 aromatic heterocycles. The lowest BCUT2D eigenvalue weighted by atomic mass is 10.2. The summed E-state index contributed by atoms with van der Waals surface area (Å²) in [5, 5.41) is 2.57. The van der Waals surface area contributed by atoms with Crippen LogP contribution < -0.4 is 15.4 Å². The first-order valence-corrected chi connectivity index (χ1v) is 12.2. The summed E-state index contributed by atoms with van der Waals surface area (Å²) in [6.07, 6.45) is -1.17. The van der Waals surface area contributed by atoms with Gasteiger partial charge in [-0.15, -0.1) is 0 Å². The summed E-state index contributed by atoms with van der Waals surface area (Å²) in [4.78, 5) is 36.2. The second-order valence-electron chi connectivity index (χ2n) is 7.51. The highest BCUT2D eigenvalue weighted by molar-refractivity contribution is 7.92. The predicted molar refractivity (Wildman–Crippen MR) is 132 cm³/mol. The minimum Gasteiger partial charge on any atom is -0.449 e. The molecule has 1 atom stereocenters. The smallest absolute Gasteiger partial charge is 0.338 e. The Morgan fingerprint density at radius 2 is 1.60 bits per heavy atom. The molecule has 3 aromatic carbocycles. The molecule has 0 heterocycles. The van der Waals surface area contributed by atoms with E-state index in [4.69, 9.17) is 10.5 Å². The van der Waals surface area contributed by atoms with Crippen molar-refractivity contribution in [3.63, 3.8) is 0 Å². The normalized spacial score (nSPS) is 11.8. The van der Waals surface area contributed by atoms with E-state index in [0.717, 1.165) is 0 Å². The van der Waals surface area contributed by atoms with E-state index in [1.807, 2.05) is 0 Å². The summed E-state index contributed by atoms with van der Waals surface area (Å²) in [7, 11) is -3.94. The number of benzene rings is 3. The molecule has 3 rings (SSSR count). The topological polar surface area (TPSA) is 136 Å². The fraction of sp³-hybridized carbons (Fsp3) is 0.160. The number of anilines is 2. The van der Waals surface area contributed by atoms with Crippen LogP contribution in [-0.2, 0) is 19.6 Å². The maximum Gasteiger partial charge on any atom is 0.338 e. The SMILES string of the molecule is CCN(c1ccccc1)S(=O)(=O)c1cccc(C(=O)OC(C)C(=O)Nc2ccc(C(N)=O)cc2)c1. The molecule has 0 bridgehead atoms. The van der Waals surface area contributed by atoms with Gasteiger partial charge in [-0.05, 0) is 68.4 Å². The average molecular weight is 496 g/mol. The van der Waals surface area contributed by atoms with Crippen molar-refractivity contribution in [3.8, 4) is 0 Å². The van der Waals surface area contributed by atoms with Crippen LogP contribution in [0.4, 0.5) is 11.4 Å². The van der Waals surface area contributed by atoms with Gasteiger partial charge in [0, 0.05) is 17.8 Å². The van der Waals surface area contributed by atoms with Gasteiger partial charge in [-0.2, -0.15) is 0 Å². The number of ether oxygens (including phenoxy) is 1. The molecule has 0 aliphatic carbocycles. The molecule has 0 saturated carbocycles. The molecule has 3 aromatic rings. The van der Waals surface area contributed by atoms with E-state index in [9.17, 15) is 22.8 Å². The fourth-order valence-corrected chi connectivity index (χ4v) is 4.76. The first-order valence-electron chi connectivity index (χ1n) is 10.7. The van der Waals surface area contributed by atoms with Crippen LogP contribution in [0, 0.1) is 0 Å². The minimum absolute atomic E-state index is 0.0133. The van der Waals surface area contributed by atoms with E-state index >= 15 is 0 Å². The lowest BCUT2D eigenvalue weighted by Gasteiger charge is -2.23. The van der Waals surface area contributed by atoms with Crippen molar-refractivity contribution >= 4 is 39.2 Å². The van der Waals surface area contributed by atoms with Crippen molar-refractivity contribution in [2.75, 3.05) is 16.2 Å². The number of nitrogens with two attached hydrogens (primary N) is 1. The van der Waals surface area contributed by atoms with E-state index in [0.29, 0.717) is 11.4 Å². The fourth-order valence-electron chi connectivity index (χ4n) is 3.24. The van der Waals surface area contributed by atoms with E-state index in [2.05, 4.69) is 5.32 Å². The number of carbonyl (C=O) groups is 3. The van der Waals surface area contributed by atoms with Crippen LogP contribution in [0.25, 0.3) is 0 Å². The average Bonchev–Trinajstić information content (AvgIpc) is 2.85. The maximum absolute atomic E-state index is 13.2. The Labute approximate surface area is 203 Å². The van der Waals surface area contributed by atoms with Crippen LogP contribution in [0.3, 0.4) is 0 Å². The van der Waals surface area contributed by atoms with Gasteiger partial charge < -0.3 is 15.8 Å². The van der Waals surface area contributed by atoms with Gasteiger partial charge >= 0.3 is 5.97 Å². The van der Waals surface area contributed by atoms with Gasteiger partial charge in [-0.25, -0.2) is 13.2 Å². The van der Waals surface area contributed by atoms with Crippen molar-refractivity contribution in [1.82, 2.24) is 0 Å². The molecule has 0 saturated heterocycles. The molecule has 35 heavy (non-hydrogen) atoms. The Balaban J connectivity index is 1.72. The highest BCUT2D eigenvalue weighted by atomic mass is 32.2. The van der Waals surface area contributed by atoms with Crippen molar-refractivity contribution < 1.29 is 27.5 Å². The number of hydrogen-bond donors (Lipinski definition) is 2. The second-order valence-corrected chi connectivity index (χ2v) is 9.37. The lowest BCUT2D eigenvalue weighted by Crippen LogP contribution is -2.31. The first kappa shape index (κ1) is 25.4. The second kappa shape index (κ2) is 10.8. The molecule has 3 N–H and O–H groups in total. The molecule has 0 fully saturated rings. The molecule has 182 valence electrons. The van der Waals surface area contributed by atoms with E-state index in [1.54, 1.807) is 37.3 Å². The van der Waals surface area contributed by atoms with E-state index in [-0.39, 0.29) is 22.6 Å². The molecule has 2 amide bonds. The highest BCUT2D eigenvalue weighted by Crippen LogP contribution is 2.24. The Kier molecular flexibility index (Phi) is 7.87. The van der Waals surface area contributed by atoms with E-state index < -0.39 is 33.9 Å². The Hall–Kier alpha value is -4.18. The summed E-state index contributed by atoms with van der Waals surface area (Å²) in [6.45, 7) is 3.29. The number of esters is 1. The van der Waals surface area contributed by atoms with Crippen LogP contribution in [0.5, 0.6) is 0 Å². The van der Waals surface area contributed by atoms with Crippen LogP contribution in [-0.4, -0.2) is 38.9 Å². The van der Waals surface area contributed by atoms with Crippen molar-refractivity contribution in [1.29, 1.82) is 0 Å². The number of hydrogen-bond acceptors (Lipinski definition) is 6. The molecule has 0 spiro atoms. The molecular formula is C25H25N3O6S. The summed E-state index contributed by atoms with van der Waals surface area (Å²) >= 11 is 0. The summed E-state index contributed by atoms with van der Waals surface area (Å²) < 4.78 is 32.9. The number of nitrogens with zero attached hydrogens (tertiary/aromatic N) is 1. The molecular weight excluding hydrogens is 470 g/mol. The minimum atomic E-state index is -3.94. The van der Waals surface area contributed by atoms with Crippen molar-refractivity contribution in [2.45, 2.75) is 24.8 Å². The zero-order valence-corrected chi connectivity index (χ0v) is 20.0. The molecule has 0 radical (unpaired) electrons. The first-order chi connectivity index (χ1) is 16.6. The van der Waals surface area contributed by atoms with Crippen LogP contribution in [0.2, 0.25) is 0 Å². The predicted octanol–water partition coefficient (Wildman–Crippen LogP) is 3.18. The van der Waals surface area contributed by atoms with E-state index in [1.165, 1.54) is 59.8 Å². The molecule has 1 unspecified atom stereocenters. The molecule has 0 aliphatic heterocycles. The van der Waals surface area contributed by atoms with Gasteiger partial charge in [0.2, 0.25) is 5.91 Å². The van der Waals surface area contributed by atoms with Crippen LogP contribution in [0.15, 0.2) is 83.8 Å². The molecule has 0 aliphatic rings. The van der Waals surface area contributed by atoms with Crippen molar-refractivity contribution in [3.05, 3.63) is 90.0 Å². The van der Waals surface area contributed by atoms with Gasteiger partial charge in [0.05, 0.1) is 16.1 Å². The Bertz CT molecular complexity index is 1320. The summed E-state index contributed by atoms with van der Waals surface area (Å²) in [5.41, 5.74) is 6.34. The number of sulfonamides is 1. The number of primary amides is 1.